The number of ether oxygens (including phenoxy) is 3. The van der Waals surface area contributed by atoms with E-state index in [4.69, 9.17) is 35.8 Å². The Morgan fingerprint density at radius 3 is 2.57 bits per heavy atom. The Balaban J connectivity index is 1.12. The van der Waals surface area contributed by atoms with Gasteiger partial charge in [-0.05, 0) is 77.0 Å². The molecule has 1 aliphatic heterocycles. The van der Waals surface area contributed by atoms with Crippen LogP contribution in [-0.4, -0.2) is 68.9 Å². The fraction of sp³-hybridized carbons (Fsp3) is 0.318. The highest BCUT2D eigenvalue weighted by molar-refractivity contribution is 9.10. The molecule has 14 nitrogen and oxygen atoms in total. The SMILES string of the molecule is COc1nc(-c2cccc(-c3cccc4c3CC[C@@H]4Oc3nc(OCc4cncc(C#N)c4)c(CN[C@@](C)(CO)C(=O)O)cc3Br)c2Cl)ccc1CNC[C@@H]1CCC(=O)N1. The van der Waals surface area contributed by atoms with Crippen LogP contribution in [0.5, 0.6) is 17.6 Å². The Hall–Kier alpha value is -5.63. The molecule has 3 atom stereocenters. The number of carboxylic acid groups (broad SMARTS) is 1. The molecule has 2 aromatic carbocycles. The molecule has 1 fully saturated rings. The summed E-state index contributed by atoms with van der Waals surface area (Å²) in [6.07, 6.45) is 5.43. The Morgan fingerprint density at radius 2 is 1.82 bits per heavy atom. The van der Waals surface area contributed by atoms with Gasteiger partial charge >= 0.3 is 5.97 Å². The molecule has 7 rings (SSSR count). The summed E-state index contributed by atoms with van der Waals surface area (Å²) in [5.74, 6) is -0.189. The van der Waals surface area contributed by atoms with Crippen LogP contribution in [0.2, 0.25) is 5.02 Å². The van der Waals surface area contributed by atoms with E-state index in [0.717, 1.165) is 46.2 Å². The lowest BCUT2D eigenvalue weighted by Gasteiger charge is -2.24. The quantitative estimate of drug-likeness (QED) is 0.0684. The number of aliphatic carboxylic acids is 1. The second kappa shape index (κ2) is 18.7. The number of rotatable bonds is 17. The van der Waals surface area contributed by atoms with Crippen LogP contribution in [0.1, 0.15) is 65.7 Å². The molecular weight excluding hydrogens is 854 g/mol. The van der Waals surface area contributed by atoms with Gasteiger partial charge in [0.25, 0.3) is 0 Å². The molecule has 0 saturated carbocycles. The van der Waals surface area contributed by atoms with Crippen LogP contribution < -0.4 is 30.2 Å². The molecule has 0 unspecified atom stereocenters. The van der Waals surface area contributed by atoms with Crippen LogP contribution in [-0.2, 0) is 35.7 Å². The van der Waals surface area contributed by atoms with Crippen molar-refractivity contribution in [1.82, 2.24) is 30.9 Å². The van der Waals surface area contributed by atoms with Crippen molar-refractivity contribution in [3.63, 3.8) is 0 Å². The summed E-state index contributed by atoms with van der Waals surface area (Å²) in [4.78, 5) is 37.2. The van der Waals surface area contributed by atoms with Gasteiger partial charge in [-0.3, -0.25) is 19.9 Å². The zero-order valence-electron chi connectivity index (χ0n) is 32.9. The third-order valence-electron chi connectivity index (χ3n) is 10.7. The topological polar surface area (TPSA) is 201 Å². The van der Waals surface area contributed by atoms with Crippen molar-refractivity contribution in [2.45, 2.75) is 70.0 Å². The van der Waals surface area contributed by atoms with Gasteiger partial charge in [0.1, 0.15) is 24.3 Å². The van der Waals surface area contributed by atoms with Gasteiger partial charge in [-0.2, -0.15) is 10.2 Å². The number of hydrogen-bond acceptors (Lipinski definition) is 12. The van der Waals surface area contributed by atoms with Crippen molar-refractivity contribution in [1.29, 1.82) is 5.26 Å². The first-order chi connectivity index (χ1) is 29.0. The smallest absolute Gasteiger partial charge is 0.326 e. The summed E-state index contributed by atoms with van der Waals surface area (Å²) in [5.41, 5.74) is 6.16. The summed E-state index contributed by atoms with van der Waals surface area (Å²) in [5, 5.41) is 38.7. The van der Waals surface area contributed by atoms with Gasteiger partial charge < -0.3 is 35.1 Å². The molecule has 0 spiro atoms. The molecule has 4 heterocycles. The molecule has 2 aliphatic rings. The standard InChI is InChI=1S/C44H43BrClN7O7/c1-44(24-54,43(56)57)50-21-28-16-35(45)42(53-41(28)59-23-26-15-25(17-47)18-48-19-26)60-37-13-11-31-30(5-3-6-32(31)37)33-7-4-8-34(39(33)46)36-12-9-27(40(52-36)58-2)20-49-22-29-10-14-38(55)51-29/h3-9,12,15-16,18-19,29,37,49-50,54H,10-11,13-14,20-24H2,1-2H3,(H,51,55)(H,56,57)/t29-,37-,44-/m0/s1. The maximum atomic E-state index is 11.9. The van der Waals surface area contributed by atoms with E-state index in [-0.39, 0.29) is 43.0 Å². The first-order valence-corrected chi connectivity index (χ1v) is 20.5. The molecule has 16 heteroatoms. The lowest BCUT2D eigenvalue weighted by atomic mass is 9.94. The number of amides is 1. The predicted molar refractivity (Wildman–Crippen MR) is 226 cm³/mol. The van der Waals surface area contributed by atoms with Crippen molar-refractivity contribution >= 4 is 39.4 Å². The first-order valence-electron chi connectivity index (χ1n) is 19.4. The van der Waals surface area contributed by atoms with Gasteiger partial charge in [-0.1, -0.05) is 54.1 Å². The second-order valence-corrected chi connectivity index (χ2v) is 16.1. The van der Waals surface area contributed by atoms with E-state index >= 15 is 0 Å². The predicted octanol–water partition coefficient (Wildman–Crippen LogP) is 6.44. The van der Waals surface area contributed by atoms with E-state index in [2.05, 4.69) is 49.0 Å². The van der Waals surface area contributed by atoms with Crippen LogP contribution >= 0.6 is 27.5 Å². The van der Waals surface area contributed by atoms with Gasteiger partial charge in [-0.15, -0.1) is 0 Å². The number of aliphatic hydroxyl groups is 1. The lowest BCUT2D eigenvalue weighted by Crippen LogP contribution is -2.52. The van der Waals surface area contributed by atoms with Crippen LogP contribution in [0, 0.1) is 11.3 Å². The number of methoxy groups -OCH3 is 1. The van der Waals surface area contributed by atoms with E-state index in [1.165, 1.54) is 13.1 Å². The van der Waals surface area contributed by atoms with Gasteiger partial charge in [0.2, 0.25) is 23.5 Å². The molecule has 5 aromatic rings. The molecule has 310 valence electrons. The van der Waals surface area contributed by atoms with Crippen LogP contribution in [0.25, 0.3) is 22.4 Å². The Bertz CT molecular complexity index is 2470. The maximum absolute atomic E-state index is 11.9. The van der Waals surface area contributed by atoms with E-state index in [1.807, 2.05) is 42.5 Å². The molecular formula is C44H43BrClN7O7. The Kier molecular flexibility index (Phi) is 13.3. The number of aromatic nitrogens is 3. The van der Waals surface area contributed by atoms with Crippen LogP contribution in [0.15, 0.2) is 77.5 Å². The van der Waals surface area contributed by atoms with Gasteiger partial charge in [0.15, 0.2) is 0 Å². The summed E-state index contributed by atoms with van der Waals surface area (Å²) < 4.78 is 19.0. The number of benzene rings is 2. The third-order valence-corrected chi connectivity index (χ3v) is 11.7. The fourth-order valence-corrected chi connectivity index (χ4v) is 8.09. The van der Waals surface area contributed by atoms with Crippen molar-refractivity contribution in [3.8, 4) is 46.1 Å². The number of nitrogens with one attached hydrogen (secondary N) is 3. The molecule has 1 aliphatic carbocycles. The van der Waals surface area contributed by atoms with E-state index < -0.39 is 18.1 Å². The van der Waals surface area contributed by atoms with E-state index in [0.29, 0.717) is 63.7 Å². The molecule has 1 amide bonds. The number of carboxylic acids is 1. The molecule has 0 bridgehead atoms. The number of pyridine rings is 3. The highest BCUT2D eigenvalue weighted by atomic mass is 79.9. The first kappa shape index (κ1) is 42.5. The van der Waals surface area contributed by atoms with Gasteiger partial charge in [0.05, 0.1) is 34.5 Å². The number of carbonyl (C=O) groups is 2. The molecule has 5 N–H and O–H groups in total. The zero-order valence-corrected chi connectivity index (χ0v) is 35.3. The fourth-order valence-electron chi connectivity index (χ4n) is 7.30. The second-order valence-electron chi connectivity index (χ2n) is 14.9. The molecule has 3 aromatic heterocycles. The lowest BCUT2D eigenvalue weighted by molar-refractivity contribution is -0.146. The van der Waals surface area contributed by atoms with Crippen molar-refractivity contribution in [2.24, 2.45) is 0 Å². The number of hydrogen-bond donors (Lipinski definition) is 5. The normalized spacial score (nSPS) is 16.7. The van der Waals surface area contributed by atoms with Crippen molar-refractivity contribution in [2.75, 3.05) is 20.3 Å². The number of nitriles is 1. The largest absolute Gasteiger partial charge is 0.481 e. The Morgan fingerprint density at radius 1 is 1.02 bits per heavy atom. The van der Waals surface area contributed by atoms with Crippen LogP contribution in [0.3, 0.4) is 0 Å². The number of halogens is 2. The minimum Gasteiger partial charge on any atom is -0.481 e. The minimum atomic E-state index is -1.61. The molecule has 0 radical (unpaired) electrons. The monoisotopic (exact) mass is 895 g/mol. The minimum absolute atomic E-state index is 0.00249. The summed E-state index contributed by atoms with van der Waals surface area (Å²) in [6.45, 7) is 1.97. The van der Waals surface area contributed by atoms with Crippen molar-refractivity contribution in [3.05, 3.63) is 116 Å². The third kappa shape index (κ3) is 9.38. The summed E-state index contributed by atoms with van der Waals surface area (Å²) in [6, 6.07) is 21.5. The summed E-state index contributed by atoms with van der Waals surface area (Å²) in [7, 11) is 1.59. The number of carbonyl (C=O) groups excluding carboxylic acids is 1. The zero-order chi connectivity index (χ0) is 42.4. The number of nitrogens with zero attached hydrogens (tertiary/aromatic N) is 4. The molecule has 60 heavy (non-hydrogen) atoms. The highest BCUT2D eigenvalue weighted by Crippen LogP contribution is 2.45. The van der Waals surface area contributed by atoms with E-state index in [9.17, 15) is 25.1 Å². The molecule has 1 saturated heterocycles. The van der Waals surface area contributed by atoms with Crippen LogP contribution in [0.4, 0.5) is 0 Å². The number of aliphatic hydroxyl groups excluding tert-OH is 1. The average Bonchev–Trinajstić information content (AvgIpc) is 3.88. The van der Waals surface area contributed by atoms with Gasteiger partial charge in [-0.25, -0.2) is 4.98 Å². The van der Waals surface area contributed by atoms with Crippen molar-refractivity contribution < 1.29 is 34.0 Å². The maximum Gasteiger partial charge on any atom is 0.326 e. The highest BCUT2D eigenvalue weighted by Gasteiger charge is 2.33. The Labute approximate surface area is 360 Å². The van der Waals surface area contributed by atoms with E-state index in [1.54, 1.807) is 25.4 Å². The number of fused-ring (bicyclic) bond motifs is 1. The summed E-state index contributed by atoms with van der Waals surface area (Å²) >= 11 is 10.8. The average molecular weight is 897 g/mol. The van der Waals surface area contributed by atoms with Gasteiger partial charge in [0, 0.05) is 72.3 Å².